The number of hydrogen-bond acceptors (Lipinski definition) is 3. The summed E-state index contributed by atoms with van der Waals surface area (Å²) in [5.74, 6) is 0.499. The molecule has 0 aliphatic carbocycles. The molecule has 0 spiro atoms. The van der Waals surface area contributed by atoms with E-state index in [4.69, 9.17) is 5.11 Å². The van der Waals surface area contributed by atoms with Crippen LogP contribution in [-0.4, -0.2) is 24.8 Å². The first-order valence-corrected chi connectivity index (χ1v) is 9.16. The second kappa shape index (κ2) is 9.83. The average molecular weight is 384 g/mol. The molecular formula is C21H31F3N2O. The molecule has 0 atom stereocenters. The van der Waals surface area contributed by atoms with Crippen LogP contribution in [0, 0.1) is 5.92 Å². The quantitative estimate of drug-likeness (QED) is 0.389. The second-order valence-corrected chi connectivity index (χ2v) is 7.53. The highest BCUT2D eigenvalue weighted by molar-refractivity contribution is 5.59. The third kappa shape index (κ3) is 6.94. The van der Waals surface area contributed by atoms with Crippen molar-refractivity contribution in [3.05, 3.63) is 53.8 Å². The summed E-state index contributed by atoms with van der Waals surface area (Å²) in [5, 5.41) is 15.0. The maximum Gasteiger partial charge on any atom is 0.416 e. The normalized spacial score (nSPS) is 12.6. The predicted octanol–water partition coefficient (Wildman–Crippen LogP) is 5.09. The molecule has 0 saturated heterocycles. The van der Waals surface area contributed by atoms with Gasteiger partial charge < -0.3 is 15.7 Å². The van der Waals surface area contributed by atoms with Gasteiger partial charge in [-0.3, -0.25) is 0 Å². The van der Waals surface area contributed by atoms with Crippen LogP contribution in [0.1, 0.15) is 45.2 Å². The largest absolute Gasteiger partial charge is 0.416 e. The van der Waals surface area contributed by atoms with Gasteiger partial charge in [0.05, 0.1) is 12.2 Å². The molecule has 0 radical (unpaired) electrons. The second-order valence-electron chi connectivity index (χ2n) is 7.53. The summed E-state index contributed by atoms with van der Waals surface area (Å²) in [6.45, 7) is 13.0. The Labute approximate surface area is 160 Å². The van der Waals surface area contributed by atoms with E-state index >= 15 is 0 Å². The number of benzene rings is 1. The van der Waals surface area contributed by atoms with Gasteiger partial charge in [0.15, 0.2) is 0 Å². The molecular weight excluding hydrogens is 353 g/mol. The molecule has 0 aliphatic rings. The van der Waals surface area contributed by atoms with Crippen molar-refractivity contribution in [3.63, 3.8) is 0 Å². The highest BCUT2D eigenvalue weighted by Crippen LogP contribution is 2.40. The number of hydrogen-bond donors (Lipinski definition) is 3. The number of alkyl halides is 3. The Kier molecular flexibility index (Phi) is 8.41. The van der Waals surface area contributed by atoms with E-state index in [1.54, 1.807) is 12.3 Å². The zero-order chi connectivity index (χ0) is 20.7. The molecule has 3 N–H and O–H groups in total. The Morgan fingerprint density at radius 3 is 2.44 bits per heavy atom. The third-order valence-corrected chi connectivity index (χ3v) is 4.52. The van der Waals surface area contributed by atoms with Crippen molar-refractivity contribution in [1.82, 2.24) is 5.32 Å². The first-order valence-electron chi connectivity index (χ1n) is 9.16. The van der Waals surface area contributed by atoms with Gasteiger partial charge in [0.1, 0.15) is 0 Å². The van der Waals surface area contributed by atoms with Crippen molar-refractivity contribution in [3.8, 4) is 0 Å². The lowest BCUT2D eigenvalue weighted by molar-refractivity contribution is -0.137. The molecule has 0 aromatic heterocycles. The maximum atomic E-state index is 13.2. The van der Waals surface area contributed by atoms with E-state index in [0.717, 1.165) is 12.5 Å². The highest BCUT2D eigenvalue weighted by atomic mass is 19.4. The Balaban J connectivity index is 3.20. The molecule has 1 aromatic rings. The zero-order valence-electron chi connectivity index (χ0n) is 16.6. The molecule has 152 valence electrons. The lowest BCUT2D eigenvalue weighted by atomic mass is 9.76. The molecule has 0 aliphatic heterocycles. The molecule has 0 unspecified atom stereocenters. The number of aliphatic hydroxyl groups is 1. The molecule has 0 fully saturated rings. The van der Waals surface area contributed by atoms with E-state index in [-0.39, 0.29) is 6.61 Å². The number of anilines is 1. The number of aliphatic hydroxyl groups excluding tert-OH is 1. The van der Waals surface area contributed by atoms with E-state index in [2.05, 4.69) is 31.1 Å². The molecule has 0 heterocycles. The van der Waals surface area contributed by atoms with Gasteiger partial charge in [0, 0.05) is 24.2 Å². The molecule has 1 rings (SSSR count). The third-order valence-electron chi connectivity index (χ3n) is 4.52. The first kappa shape index (κ1) is 23.1. The summed E-state index contributed by atoms with van der Waals surface area (Å²) >= 11 is 0. The first-order chi connectivity index (χ1) is 12.5. The Morgan fingerprint density at radius 1 is 1.22 bits per heavy atom. The summed E-state index contributed by atoms with van der Waals surface area (Å²) in [6, 6.07) is 3.82. The van der Waals surface area contributed by atoms with Crippen molar-refractivity contribution >= 4 is 5.69 Å². The van der Waals surface area contributed by atoms with Gasteiger partial charge in [0.25, 0.3) is 0 Å². The van der Waals surface area contributed by atoms with Crippen LogP contribution in [0.25, 0.3) is 0 Å². The number of nitrogens with one attached hydrogen (secondary N) is 2. The van der Waals surface area contributed by atoms with Gasteiger partial charge in [-0.05, 0) is 54.0 Å². The summed E-state index contributed by atoms with van der Waals surface area (Å²) in [4.78, 5) is 0. The van der Waals surface area contributed by atoms with E-state index < -0.39 is 17.2 Å². The van der Waals surface area contributed by atoms with Crippen LogP contribution in [0.15, 0.2) is 42.6 Å². The van der Waals surface area contributed by atoms with Crippen LogP contribution in [0.3, 0.4) is 0 Å². The van der Waals surface area contributed by atoms with Crippen LogP contribution in [0.5, 0.6) is 0 Å². The van der Waals surface area contributed by atoms with E-state index in [1.165, 1.54) is 12.1 Å². The molecule has 6 heteroatoms. The lowest BCUT2D eigenvalue weighted by Gasteiger charge is -2.30. The minimum atomic E-state index is -4.40. The summed E-state index contributed by atoms with van der Waals surface area (Å²) in [7, 11) is 0. The number of halogens is 3. The van der Waals surface area contributed by atoms with Gasteiger partial charge in [-0.1, -0.05) is 34.3 Å². The van der Waals surface area contributed by atoms with E-state index in [9.17, 15) is 13.2 Å². The molecule has 0 bridgehead atoms. The smallest absolute Gasteiger partial charge is 0.395 e. The molecule has 0 amide bonds. The summed E-state index contributed by atoms with van der Waals surface area (Å²) < 4.78 is 39.7. The van der Waals surface area contributed by atoms with Crippen molar-refractivity contribution < 1.29 is 18.3 Å². The zero-order valence-corrected chi connectivity index (χ0v) is 16.6. The fourth-order valence-electron chi connectivity index (χ4n) is 2.58. The van der Waals surface area contributed by atoms with Crippen LogP contribution in [-0.2, 0) is 11.6 Å². The fraction of sp³-hybridized carbons (Fsp3) is 0.524. The minimum absolute atomic E-state index is 0.00223. The van der Waals surface area contributed by atoms with Crippen molar-refractivity contribution in [2.45, 2.75) is 45.7 Å². The maximum absolute atomic E-state index is 13.2. The van der Waals surface area contributed by atoms with Crippen LogP contribution in [0.4, 0.5) is 18.9 Å². The monoisotopic (exact) mass is 384 g/mol. The SMILES string of the molecule is C=C(C=CNCCO)C(C)(C)c1cc(C(F)(F)F)ccc1NCCC(C)C. The molecule has 27 heavy (non-hydrogen) atoms. The average Bonchev–Trinajstić information content (AvgIpc) is 2.57. The molecule has 1 aromatic carbocycles. The fourth-order valence-corrected chi connectivity index (χ4v) is 2.58. The predicted molar refractivity (Wildman–Crippen MR) is 106 cm³/mol. The Morgan fingerprint density at radius 2 is 1.89 bits per heavy atom. The van der Waals surface area contributed by atoms with Crippen molar-refractivity contribution in [2.24, 2.45) is 5.92 Å². The molecule has 0 saturated carbocycles. The van der Waals surface area contributed by atoms with Crippen molar-refractivity contribution in [1.29, 1.82) is 0 Å². The van der Waals surface area contributed by atoms with Gasteiger partial charge in [-0.15, -0.1) is 0 Å². The van der Waals surface area contributed by atoms with E-state index in [1.807, 2.05) is 13.8 Å². The Hall–Kier alpha value is -1.95. The lowest BCUT2D eigenvalue weighted by Crippen LogP contribution is -2.23. The standard InChI is InChI=1S/C21H31F3N2O/c1-15(2)8-11-26-19-7-6-17(21(22,23)24)14-18(19)20(4,5)16(3)9-10-25-12-13-27/h6-7,9-10,14-15,25-27H,3,8,11-13H2,1-2,4-5H3. The van der Waals surface area contributed by atoms with Gasteiger partial charge in [-0.25, -0.2) is 0 Å². The van der Waals surface area contributed by atoms with Crippen molar-refractivity contribution in [2.75, 3.05) is 25.0 Å². The Bertz CT molecular complexity index is 649. The van der Waals surface area contributed by atoms with Gasteiger partial charge in [-0.2, -0.15) is 13.2 Å². The topological polar surface area (TPSA) is 44.3 Å². The minimum Gasteiger partial charge on any atom is -0.395 e. The van der Waals surface area contributed by atoms with Crippen LogP contribution >= 0.6 is 0 Å². The molecule has 3 nitrogen and oxygen atoms in total. The van der Waals surface area contributed by atoms with Gasteiger partial charge in [0.2, 0.25) is 0 Å². The van der Waals surface area contributed by atoms with E-state index in [0.29, 0.717) is 35.8 Å². The van der Waals surface area contributed by atoms with Crippen LogP contribution < -0.4 is 10.6 Å². The van der Waals surface area contributed by atoms with Crippen LogP contribution in [0.2, 0.25) is 0 Å². The summed E-state index contributed by atoms with van der Waals surface area (Å²) in [5.41, 5.74) is 0.525. The number of rotatable bonds is 10. The highest BCUT2D eigenvalue weighted by Gasteiger charge is 2.34. The number of allylic oxidation sites excluding steroid dienone is 2. The summed E-state index contributed by atoms with van der Waals surface area (Å²) in [6.07, 6.45) is -0.0957. The van der Waals surface area contributed by atoms with Gasteiger partial charge >= 0.3 is 6.18 Å².